The van der Waals surface area contributed by atoms with Crippen LogP contribution in [0.15, 0.2) is 36.4 Å². The number of nitrogens with zero attached hydrogens (tertiary/aromatic N) is 2. The van der Waals surface area contributed by atoms with Gasteiger partial charge in [0, 0.05) is 29.7 Å². The molecule has 0 aliphatic carbocycles. The first-order chi connectivity index (χ1) is 10.3. The van der Waals surface area contributed by atoms with Crippen molar-refractivity contribution in [2.75, 3.05) is 0 Å². The van der Waals surface area contributed by atoms with Crippen molar-refractivity contribution in [1.82, 2.24) is 0 Å². The molecule has 0 saturated heterocycles. The molecule has 6 nitrogen and oxygen atoms in total. The van der Waals surface area contributed by atoms with E-state index in [2.05, 4.69) is 0 Å². The highest BCUT2D eigenvalue weighted by atomic mass is 16.6. The van der Waals surface area contributed by atoms with Crippen LogP contribution < -0.4 is 0 Å². The molecule has 0 heterocycles. The summed E-state index contributed by atoms with van der Waals surface area (Å²) < 4.78 is 0. The molecule has 0 bridgehead atoms. The Balaban J connectivity index is 2.63. The van der Waals surface area contributed by atoms with Crippen LogP contribution in [-0.2, 0) is 0 Å². The zero-order chi connectivity index (χ0) is 16.4. The predicted octanol–water partition coefficient (Wildman–Crippen LogP) is 4.27. The van der Waals surface area contributed by atoms with Crippen LogP contribution >= 0.6 is 0 Å². The summed E-state index contributed by atoms with van der Waals surface area (Å²) in [6, 6.07) is 9.53. The molecular formula is C16H16N2O4. The predicted molar refractivity (Wildman–Crippen MR) is 83.2 cm³/mol. The number of nitro benzene ring substituents is 2. The van der Waals surface area contributed by atoms with Crippen molar-refractivity contribution in [2.45, 2.75) is 26.7 Å². The lowest BCUT2D eigenvalue weighted by Gasteiger charge is -2.17. The molecule has 0 aliphatic heterocycles. The maximum atomic E-state index is 11.3. The molecule has 0 radical (unpaired) electrons. The molecule has 0 spiro atoms. The quantitative estimate of drug-likeness (QED) is 0.623. The summed E-state index contributed by atoms with van der Waals surface area (Å²) in [7, 11) is 0. The van der Waals surface area contributed by atoms with Gasteiger partial charge in [-0.1, -0.05) is 25.1 Å². The molecule has 114 valence electrons. The first-order valence-corrected chi connectivity index (χ1v) is 6.81. The minimum Gasteiger partial charge on any atom is -0.258 e. The van der Waals surface area contributed by atoms with Gasteiger partial charge in [-0.2, -0.15) is 0 Å². The minimum absolute atomic E-state index is 0.0105. The van der Waals surface area contributed by atoms with E-state index in [1.54, 1.807) is 12.1 Å². The van der Waals surface area contributed by atoms with Crippen molar-refractivity contribution >= 4 is 11.4 Å². The lowest BCUT2D eigenvalue weighted by Crippen LogP contribution is -2.06. The number of hydrogen-bond acceptors (Lipinski definition) is 4. The Hall–Kier alpha value is -2.76. The summed E-state index contributed by atoms with van der Waals surface area (Å²) >= 11 is 0. The van der Waals surface area contributed by atoms with Gasteiger partial charge in [0.25, 0.3) is 11.4 Å². The summed E-state index contributed by atoms with van der Waals surface area (Å²) in [6.45, 7) is 5.49. The van der Waals surface area contributed by atoms with Crippen LogP contribution in [0.4, 0.5) is 11.4 Å². The highest BCUT2D eigenvalue weighted by molar-refractivity contribution is 5.53. The van der Waals surface area contributed by atoms with Crippen molar-refractivity contribution in [1.29, 1.82) is 0 Å². The van der Waals surface area contributed by atoms with Crippen molar-refractivity contribution in [2.24, 2.45) is 0 Å². The van der Waals surface area contributed by atoms with Crippen LogP contribution in [0.5, 0.6) is 0 Å². The Kier molecular flexibility index (Phi) is 4.21. The van der Waals surface area contributed by atoms with Gasteiger partial charge >= 0.3 is 0 Å². The van der Waals surface area contributed by atoms with Gasteiger partial charge in [-0.3, -0.25) is 20.2 Å². The molecule has 0 aromatic heterocycles. The smallest absolute Gasteiger partial charge is 0.258 e. The van der Waals surface area contributed by atoms with E-state index in [0.717, 1.165) is 16.7 Å². The van der Waals surface area contributed by atoms with Crippen molar-refractivity contribution in [3.05, 3.63) is 78.9 Å². The average molecular weight is 300 g/mol. The highest BCUT2D eigenvalue weighted by Gasteiger charge is 2.24. The van der Waals surface area contributed by atoms with Crippen molar-refractivity contribution < 1.29 is 9.85 Å². The van der Waals surface area contributed by atoms with Crippen LogP contribution in [0.3, 0.4) is 0 Å². The second kappa shape index (κ2) is 5.93. The van der Waals surface area contributed by atoms with E-state index in [1.165, 1.54) is 18.2 Å². The maximum absolute atomic E-state index is 11.3. The van der Waals surface area contributed by atoms with Gasteiger partial charge in [-0.25, -0.2) is 0 Å². The molecule has 2 rings (SSSR count). The topological polar surface area (TPSA) is 86.3 Å². The lowest BCUT2D eigenvalue weighted by molar-refractivity contribution is -0.385. The molecule has 22 heavy (non-hydrogen) atoms. The number of hydrogen-bond donors (Lipinski definition) is 0. The average Bonchev–Trinajstić information content (AvgIpc) is 2.46. The van der Waals surface area contributed by atoms with E-state index in [9.17, 15) is 20.2 Å². The van der Waals surface area contributed by atoms with Gasteiger partial charge in [0.05, 0.1) is 9.85 Å². The Morgan fingerprint density at radius 1 is 0.955 bits per heavy atom. The third-order valence-corrected chi connectivity index (χ3v) is 3.87. The van der Waals surface area contributed by atoms with Crippen LogP contribution in [-0.4, -0.2) is 9.85 Å². The van der Waals surface area contributed by atoms with Gasteiger partial charge in [0.1, 0.15) is 0 Å². The number of non-ortho nitro benzene ring substituents is 1. The Morgan fingerprint density at radius 3 is 2.23 bits per heavy atom. The summed E-state index contributed by atoms with van der Waals surface area (Å²) in [5.41, 5.74) is 3.02. The van der Waals surface area contributed by atoms with Gasteiger partial charge in [-0.15, -0.1) is 0 Å². The first kappa shape index (κ1) is 15.6. The molecular weight excluding hydrogens is 284 g/mol. The van der Waals surface area contributed by atoms with Crippen molar-refractivity contribution in [3.63, 3.8) is 0 Å². The first-order valence-electron chi connectivity index (χ1n) is 6.81. The van der Waals surface area contributed by atoms with Crippen LogP contribution in [0.2, 0.25) is 0 Å². The number of benzene rings is 2. The summed E-state index contributed by atoms with van der Waals surface area (Å²) in [4.78, 5) is 21.4. The summed E-state index contributed by atoms with van der Waals surface area (Å²) in [5, 5.41) is 22.2. The van der Waals surface area contributed by atoms with Crippen LogP contribution in [0.25, 0.3) is 0 Å². The third-order valence-electron chi connectivity index (χ3n) is 3.87. The van der Waals surface area contributed by atoms with Gasteiger partial charge in [-0.05, 0) is 30.5 Å². The molecule has 0 amide bonds. The van der Waals surface area contributed by atoms with Crippen LogP contribution in [0.1, 0.15) is 35.1 Å². The van der Waals surface area contributed by atoms with Gasteiger partial charge in [0.2, 0.25) is 0 Å². The molecule has 0 fully saturated rings. The van der Waals surface area contributed by atoms with Gasteiger partial charge < -0.3 is 0 Å². The maximum Gasteiger partial charge on any atom is 0.273 e. The van der Waals surface area contributed by atoms with E-state index < -0.39 is 9.85 Å². The van der Waals surface area contributed by atoms with Crippen molar-refractivity contribution in [3.8, 4) is 0 Å². The van der Waals surface area contributed by atoms with E-state index in [-0.39, 0.29) is 17.3 Å². The monoisotopic (exact) mass is 300 g/mol. The zero-order valence-electron chi connectivity index (χ0n) is 12.6. The van der Waals surface area contributed by atoms with E-state index in [4.69, 9.17) is 0 Å². The molecule has 6 heteroatoms. The van der Waals surface area contributed by atoms with E-state index in [1.807, 2.05) is 26.8 Å². The molecule has 0 saturated carbocycles. The largest absolute Gasteiger partial charge is 0.273 e. The number of rotatable bonds is 4. The number of nitro groups is 2. The van der Waals surface area contributed by atoms with Gasteiger partial charge in [0.15, 0.2) is 0 Å². The van der Waals surface area contributed by atoms with E-state index in [0.29, 0.717) is 5.56 Å². The molecule has 1 atom stereocenters. The second-order valence-corrected chi connectivity index (χ2v) is 5.28. The molecule has 2 aromatic rings. The zero-order valence-corrected chi connectivity index (χ0v) is 12.6. The number of aryl methyl sites for hydroxylation is 2. The summed E-state index contributed by atoms with van der Waals surface area (Å²) in [5.74, 6) is -0.304. The Bertz CT molecular complexity index is 756. The second-order valence-electron chi connectivity index (χ2n) is 5.28. The molecule has 1 unspecified atom stereocenters. The normalized spacial score (nSPS) is 12.0. The lowest BCUT2D eigenvalue weighted by atomic mass is 9.86. The minimum atomic E-state index is -0.456. The molecule has 0 aliphatic rings. The standard InChI is InChI=1S/C16H16N2O4/c1-10-7-8-13(17(19)20)9-14(10)12(3)16-11(2)5-4-6-15(16)18(21)22/h4-9,12H,1-3H3. The highest BCUT2D eigenvalue weighted by Crippen LogP contribution is 2.36. The molecule has 0 N–H and O–H groups in total. The van der Waals surface area contributed by atoms with E-state index >= 15 is 0 Å². The Morgan fingerprint density at radius 2 is 1.64 bits per heavy atom. The third kappa shape index (κ3) is 2.81. The fourth-order valence-electron chi connectivity index (χ4n) is 2.75. The fourth-order valence-corrected chi connectivity index (χ4v) is 2.75. The Labute approximate surface area is 127 Å². The SMILES string of the molecule is Cc1ccc([N+](=O)[O-])cc1C(C)c1c(C)cccc1[N+](=O)[O-]. The molecule has 2 aromatic carbocycles. The fraction of sp³-hybridized carbons (Fsp3) is 0.250. The summed E-state index contributed by atoms with van der Waals surface area (Å²) in [6.07, 6.45) is 0. The van der Waals surface area contributed by atoms with Crippen LogP contribution in [0, 0.1) is 34.1 Å².